The van der Waals surface area contributed by atoms with Crippen molar-refractivity contribution in [1.82, 2.24) is 5.32 Å². The molecule has 78 valence electrons. The molecule has 5 heteroatoms. The van der Waals surface area contributed by atoms with E-state index < -0.39 is 6.04 Å². The summed E-state index contributed by atoms with van der Waals surface area (Å²) in [7, 11) is 0. The molecular weight excluding hydrogens is 172 g/mol. The lowest BCUT2D eigenvalue weighted by atomic mass is 10.2. The molecule has 0 aliphatic rings. The predicted octanol–water partition coefficient (Wildman–Crippen LogP) is -1.15. The molecule has 0 aliphatic carbocycles. The number of hydrogen-bond acceptors (Lipinski definition) is 4. The Kier molecular flexibility index (Phi) is 7.57. The quantitative estimate of drug-likeness (QED) is 0.442. The Bertz CT molecular complexity index is 141. The van der Waals surface area contributed by atoms with Gasteiger partial charge in [0, 0.05) is 6.54 Å². The maximum atomic E-state index is 11.1. The Morgan fingerprint density at radius 2 is 2.31 bits per heavy atom. The molecule has 0 aromatic rings. The molecule has 0 rings (SSSR count). The van der Waals surface area contributed by atoms with Crippen molar-refractivity contribution in [2.24, 2.45) is 5.73 Å². The second-order valence-electron chi connectivity index (χ2n) is 2.64. The van der Waals surface area contributed by atoms with Crippen molar-refractivity contribution in [1.29, 1.82) is 0 Å². The minimum atomic E-state index is -0.433. The zero-order chi connectivity index (χ0) is 10.1. The molecule has 0 aromatic heterocycles. The lowest BCUT2D eigenvalue weighted by molar-refractivity contribution is -0.122. The third kappa shape index (κ3) is 6.51. The van der Waals surface area contributed by atoms with E-state index in [2.05, 4.69) is 5.32 Å². The van der Waals surface area contributed by atoms with Crippen LogP contribution in [0.3, 0.4) is 0 Å². The van der Waals surface area contributed by atoms with Crippen molar-refractivity contribution in [2.75, 3.05) is 26.4 Å². The number of aliphatic hydroxyl groups excluding tert-OH is 1. The largest absolute Gasteiger partial charge is 0.394 e. The molecule has 4 N–H and O–H groups in total. The predicted molar refractivity (Wildman–Crippen MR) is 49.2 cm³/mol. The lowest BCUT2D eigenvalue weighted by Crippen LogP contribution is -2.41. The first kappa shape index (κ1) is 12.3. The summed E-state index contributed by atoms with van der Waals surface area (Å²) >= 11 is 0. The second kappa shape index (κ2) is 7.97. The van der Waals surface area contributed by atoms with E-state index in [0.29, 0.717) is 26.2 Å². The van der Waals surface area contributed by atoms with E-state index >= 15 is 0 Å². The fourth-order valence-corrected chi connectivity index (χ4v) is 0.730. The van der Waals surface area contributed by atoms with Crippen LogP contribution in [0.2, 0.25) is 0 Å². The molecule has 0 bridgehead atoms. The Morgan fingerprint density at radius 3 is 2.85 bits per heavy atom. The molecular formula is C8H18N2O3. The zero-order valence-corrected chi connectivity index (χ0v) is 7.95. The van der Waals surface area contributed by atoms with Gasteiger partial charge in [-0.2, -0.15) is 0 Å². The van der Waals surface area contributed by atoms with E-state index in [1.807, 2.05) is 6.92 Å². The highest BCUT2D eigenvalue weighted by molar-refractivity contribution is 5.81. The summed E-state index contributed by atoms with van der Waals surface area (Å²) in [5, 5.41) is 11.0. The first-order valence-corrected chi connectivity index (χ1v) is 4.44. The third-order valence-electron chi connectivity index (χ3n) is 1.56. The van der Waals surface area contributed by atoms with Crippen LogP contribution in [0.1, 0.15) is 13.3 Å². The average Bonchev–Trinajstić information content (AvgIpc) is 2.16. The Labute approximate surface area is 78.3 Å². The maximum absolute atomic E-state index is 11.1. The van der Waals surface area contributed by atoms with Gasteiger partial charge in [-0.25, -0.2) is 0 Å². The zero-order valence-electron chi connectivity index (χ0n) is 7.95. The van der Waals surface area contributed by atoms with Crippen LogP contribution in [-0.4, -0.2) is 43.4 Å². The molecule has 0 saturated heterocycles. The van der Waals surface area contributed by atoms with Gasteiger partial charge < -0.3 is 20.9 Å². The van der Waals surface area contributed by atoms with Gasteiger partial charge in [-0.3, -0.25) is 4.79 Å². The topological polar surface area (TPSA) is 84.6 Å². The smallest absolute Gasteiger partial charge is 0.236 e. The molecule has 1 atom stereocenters. The van der Waals surface area contributed by atoms with Gasteiger partial charge in [-0.05, 0) is 6.42 Å². The van der Waals surface area contributed by atoms with Gasteiger partial charge in [-0.15, -0.1) is 0 Å². The molecule has 0 heterocycles. The van der Waals surface area contributed by atoms with Crippen molar-refractivity contribution in [3.8, 4) is 0 Å². The highest BCUT2D eigenvalue weighted by Crippen LogP contribution is 1.84. The number of carbonyl (C=O) groups is 1. The molecule has 1 amide bonds. The molecule has 0 saturated carbocycles. The molecule has 0 spiro atoms. The van der Waals surface area contributed by atoms with Crippen molar-refractivity contribution in [2.45, 2.75) is 19.4 Å². The molecule has 13 heavy (non-hydrogen) atoms. The molecule has 0 aromatic carbocycles. The van der Waals surface area contributed by atoms with Gasteiger partial charge >= 0.3 is 0 Å². The maximum Gasteiger partial charge on any atom is 0.236 e. The summed E-state index contributed by atoms with van der Waals surface area (Å²) in [5.74, 6) is -0.157. The van der Waals surface area contributed by atoms with Crippen LogP contribution in [0, 0.1) is 0 Å². The molecule has 0 fully saturated rings. The van der Waals surface area contributed by atoms with Crippen molar-refractivity contribution in [3.63, 3.8) is 0 Å². The van der Waals surface area contributed by atoms with Crippen molar-refractivity contribution < 1.29 is 14.6 Å². The van der Waals surface area contributed by atoms with Gasteiger partial charge in [0.05, 0.1) is 25.9 Å². The molecule has 0 aliphatic heterocycles. The number of amides is 1. The number of aliphatic hydroxyl groups is 1. The first-order valence-electron chi connectivity index (χ1n) is 4.44. The Balaban J connectivity index is 3.27. The van der Waals surface area contributed by atoms with Crippen LogP contribution < -0.4 is 11.1 Å². The fraction of sp³-hybridized carbons (Fsp3) is 0.875. The van der Waals surface area contributed by atoms with Crippen LogP contribution in [-0.2, 0) is 9.53 Å². The highest BCUT2D eigenvalue weighted by Gasteiger charge is 2.08. The highest BCUT2D eigenvalue weighted by atomic mass is 16.5. The summed E-state index contributed by atoms with van der Waals surface area (Å²) in [6.07, 6.45) is 0.628. The number of ether oxygens (including phenoxy) is 1. The molecule has 0 unspecified atom stereocenters. The van der Waals surface area contributed by atoms with Gasteiger partial charge in [-0.1, -0.05) is 6.92 Å². The van der Waals surface area contributed by atoms with E-state index in [4.69, 9.17) is 15.6 Å². The van der Waals surface area contributed by atoms with Gasteiger partial charge in [0.1, 0.15) is 0 Å². The summed E-state index contributed by atoms with van der Waals surface area (Å²) in [4.78, 5) is 11.1. The van der Waals surface area contributed by atoms with Gasteiger partial charge in [0.15, 0.2) is 0 Å². The summed E-state index contributed by atoms with van der Waals surface area (Å²) < 4.78 is 4.94. The summed E-state index contributed by atoms with van der Waals surface area (Å²) in [6.45, 7) is 3.00. The second-order valence-corrected chi connectivity index (χ2v) is 2.64. The Morgan fingerprint density at radius 1 is 1.62 bits per heavy atom. The van der Waals surface area contributed by atoms with Crippen LogP contribution in [0.15, 0.2) is 0 Å². The van der Waals surface area contributed by atoms with E-state index in [9.17, 15) is 4.79 Å². The third-order valence-corrected chi connectivity index (χ3v) is 1.56. The average molecular weight is 190 g/mol. The van der Waals surface area contributed by atoms with E-state index in [1.54, 1.807) is 0 Å². The minimum Gasteiger partial charge on any atom is -0.394 e. The van der Waals surface area contributed by atoms with Crippen molar-refractivity contribution >= 4 is 5.91 Å². The van der Waals surface area contributed by atoms with E-state index in [0.717, 1.165) is 0 Å². The van der Waals surface area contributed by atoms with E-state index in [1.165, 1.54) is 0 Å². The molecule has 0 radical (unpaired) electrons. The normalized spacial score (nSPS) is 12.5. The van der Waals surface area contributed by atoms with Crippen LogP contribution >= 0.6 is 0 Å². The Hall–Kier alpha value is -0.650. The lowest BCUT2D eigenvalue weighted by Gasteiger charge is -2.09. The fourth-order valence-electron chi connectivity index (χ4n) is 0.730. The monoisotopic (exact) mass is 190 g/mol. The molecule has 5 nitrogen and oxygen atoms in total. The SMILES string of the molecule is CC[C@H](N)C(=O)NCCOCCO. The van der Waals surface area contributed by atoms with Crippen LogP contribution in [0.4, 0.5) is 0 Å². The van der Waals surface area contributed by atoms with Gasteiger partial charge in [0.25, 0.3) is 0 Å². The number of rotatable bonds is 7. The first-order chi connectivity index (χ1) is 6.22. The number of hydrogen-bond donors (Lipinski definition) is 3. The number of carbonyl (C=O) groups excluding carboxylic acids is 1. The number of nitrogens with two attached hydrogens (primary N) is 1. The van der Waals surface area contributed by atoms with Gasteiger partial charge in [0.2, 0.25) is 5.91 Å². The minimum absolute atomic E-state index is 0.00240. The standard InChI is InChI=1S/C8H18N2O3/c1-2-7(9)8(12)10-3-5-13-6-4-11/h7,11H,2-6,9H2,1H3,(H,10,12)/t7-/m0/s1. The van der Waals surface area contributed by atoms with Crippen LogP contribution in [0.5, 0.6) is 0 Å². The summed E-state index contributed by atoms with van der Waals surface area (Å²) in [5.41, 5.74) is 5.46. The summed E-state index contributed by atoms with van der Waals surface area (Å²) in [6, 6.07) is -0.433. The van der Waals surface area contributed by atoms with Crippen LogP contribution in [0.25, 0.3) is 0 Å². The van der Waals surface area contributed by atoms with E-state index in [-0.39, 0.29) is 12.5 Å². The van der Waals surface area contributed by atoms with Crippen molar-refractivity contribution in [3.05, 3.63) is 0 Å². The number of nitrogens with one attached hydrogen (secondary N) is 1.